The van der Waals surface area contributed by atoms with Gasteiger partial charge in [-0.25, -0.2) is 14.8 Å². The van der Waals surface area contributed by atoms with Crippen LogP contribution in [0.5, 0.6) is 0 Å². The van der Waals surface area contributed by atoms with E-state index in [0.717, 1.165) is 57.2 Å². The van der Waals surface area contributed by atoms with Gasteiger partial charge in [-0.2, -0.15) is 0 Å². The molecular weight excluding hydrogens is 560 g/mol. The Hall–Kier alpha value is -4.99. The molecule has 2 aliphatic rings. The van der Waals surface area contributed by atoms with E-state index < -0.39 is 24.3 Å². The summed E-state index contributed by atoms with van der Waals surface area (Å²) < 4.78 is 0. The number of carbonyl (C=O) groups is 3. The number of allylic oxidation sites excluding steroid dienone is 3. The lowest BCUT2D eigenvalue weighted by Crippen LogP contribution is -2.10. The quantitative estimate of drug-likeness (QED) is 0.196. The molecule has 0 aromatic carbocycles. The van der Waals surface area contributed by atoms with Crippen molar-refractivity contribution < 1.29 is 29.7 Å². The van der Waals surface area contributed by atoms with Crippen LogP contribution in [0.3, 0.4) is 0 Å². The molecule has 0 fully saturated rings. The van der Waals surface area contributed by atoms with Gasteiger partial charge in [0.2, 0.25) is 0 Å². The molecule has 8 bridgehead atoms. The van der Waals surface area contributed by atoms with Crippen molar-refractivity contribution >= 4 is 62.3 Å². The second-order valence-electron chi connectivity index (χ2n) is 11.3. The van der Waals surface area contributed by atoms with E-state index in [-0.39, 0.29) is 35.4 Å². The minimum Gasteiger partial charge on any atom is -0.481 e. The van der Waals surface area contributed by atoms with Crippen LogP contribution in [0.25, 0.3) is 44.4 Å². The standard InChI is InChI=1S/C34H36N4O6/c1-7-19-15(3)23-12-25-17(5)21(9-10-29(39)40)32(37-25)22(11-30(41)42)33-31(34(43)44)18(6)26(38-33)14-28-20(8-2)16(4)24(36-28)13-27(19)35-23/h12-14,35-36H,7-11H2,1-6H3,(H,39,40)(H,41,42)(H,43,44). The summed E-state index contributed by atoms with van der Waals surface area (Å²) in [6.07, 6.45) is 0.865. The van der Waals surface area contributed by atoms with Crippen LogP contribution in [-0.2, 0) is 33.6 Å². The van der Waals surface area contributed by atoms with E-state index in [9.17, 15) is 29.7 Å². The number of aryl methyl sites for hydroxylation is 4. The van der Waals surface area contributed by atoms with Crippen molar-refractivity contribution in [3.8, 4) is 0 Å². The van der Waals surface area contributed by atoms with Gasteiger partial charge in [-0.15, -0.1) is 0 Å². The smallest absolute Gasteiger partial charge is 0.338 e. The minimum atomic E-state index is -1.23. The molecule has 10 heteroatoms. The highest BCUT2D eigenvalue weighted by molar-refractivity contribution is 6.24. The van der Waals surface area contributed by atoms with Gasteiger partial charge in [0.15, 0.2) is 0 Å². The number of carboxylic acids is 3. The number of nitrogens with one attached hydrogen (secondary N) is 2. The maximum atomic E-state index is 12.7. The summed E-state index contributed by atoms with van der Waals surface area (Å²) in [4.78, 5) is 53.2. The van der Waals surface area contributed by atoms with Crippen molar-refractivity contribution in [1.29, 1.82) is 0 Å². The normalized spacial score (nSPS) is 13.1. The van der Waals surface area contributed by atoms with Gasteiger partial charge in [-0.1, -0.05) is 13.8 Å². The number of H-pyrrole nitrogens is 2. The molecule has 0 unspecified atom stereocenters. The molecular formula is C34H36N4O6. The zero-order valence-electron chi connectivity index (χ0n) is 25.7. The Morgan fingerprint density at radius 2 is 1.20 bits per heavy atom. The van der Waals surface area contributed by atoms with Crippen LogP contribution in [0.1, 0.15) is 91.1 Å². The maximum absolute atomic E-state index is 12.7. The SMILES string of the molecule is CCc1c(C)c2cc3[nH]c(cc4nc(c(CC(=O)O)c5nc(cc1[nH]2)C(C)=C5C(=O)O)C(CCC(=O)O)=C4C)c(C)c3CC. The minimum absolute atomic E-state index is 0.0242. The Kier molecular flexibility index (Phi) is 8.03. The van der Waals surface area contributed by atoms with Crippen molar-refractivity contribution in [2.75, 3.05) is 0 Å². The highest BCUT2D eigenvalue weighted by Gasteiger charge is 2.30. The number of aromatic nitrogens is 4. The molecule has 0 saturated carbocycles. The summed E-state index contributed by atoms with van der Waals surface area (Å²) in [5.41, 5.74) is 10.8. The van der Waals surface area contributed by atoms with Gasteiger partial charge in [0.25, 0.3) is 0 Å². The number of hydrogen-bond acceptors (Lipinski definition) is 5. The average Bonchev–Trinajstić information content (AvgIpc) is 3.63. The zero-order valence-corrected chi connectivity index (χ0v) is 25.7. The first-order chi connectivity index (χ1) is 20.9. The second-order valence-corrected chi connectivity index (χ2v) is 11.3. The molecule has 0 amide bonds. The molecule has 5 heterocycles. The van der Waals surface area contributed by atoms with Gasteiger partial charge >= 0.3 is 17.9 Å². The summed E-state index contributed by atoms with van der Waals surface area (Å²) in [6.45, 7) is 11.7. The molecule has 5 rings (SSSR count). The number of fused-ring (bicyclic) bond motifs is 8. The van der Waals surface area contributed by atoms with Gasteiger partial charge in [-0.05, 0) is 104 Å². The fourth-order valence-electron chi connectivity index (χ4n) is 6.37. The second kappa shape index (κ2) is 11.6. The number of carboxylic acid groups (broad SMARTS) is 3. The highest BCUT2D eigenvalue weighted by Crippen LogP contribution is 2.40. The van der Waals surface area contributed by atoms with Crippen molar-refractivity contribution in [1.82, 2.24) is 19.9 Å². The number of aromatic amines is 2. The molecule has 0 saturated heterocycles. The Morgan fingerprint density at radius 1 is 0.682 bits per heavy atom. The lowest BCUT2D eigenvalue weighted by Gasteiger charge is -2.09. The van der Waals surface area contributed by atoms with Gasteiger partial charge < -0.3 is 25.3 Å². The van der Waals surface area contributed by atoms with E-state index in [0.29, 0.717) is 28.1 Å². The summed E-state index contributed by atoms with van der Waals surface area (Å²) >= 11 is 0. The van der Waals surface area contributed by atoms with Crippen molar-refractivity contribution in [2.45, 2.75) is 73.6 Å². The predicted octanol–water partition coefficient (Wildman–Crippen LogP) is 6.49. The van der Waals surface area contributed by atoms with Crippen LogP contribution in [0.4, 0.5) is 0 Å². The summed E-state index contributed by atoms with van der Waals surface area (Å²) in [5.74, 6) is -3.43. The van der Waals surface area contributed by atoms with Crippen molar-refractivity contribution in [3.63, 3.8) is 0 Å². The molecule has 44 heavy (non-hydrogen) atoms. The number of aliphatic carboxylic acids is 3. The molecule has 2 aliphatic heterocycles. The van der Waals surface area contributed by atoms with Gasteiger partial charge in [0, 0.05) is 34.1 Å². The monoisotopic (exact) mass is 596 g/mol. The molecule has 0 spiro atoms. The molecule has 0 atom stereocenters. The summed E-state index contributed by atoms with van der Waals surface area (Å²) in [6, 6.07) is 5.80. The van der Waals surface area contributed by atoms with E-state index in [1.165, 1.54) is 0 Å². The number of hydrogen-bond donors (Lipinski definition) is 5. The number of nitrogens with zero attached hydrogens (tertiary/aromatic N) is 2. The van der Waals surface area contributed by atoms with E-state index in [2.05, 4.69) is 36.8 Å². The van der Waals surface area contributed by atoms with Gasteiger partial charge in [0.05, 0.1) is 34.8 Å². The fraction of sp³-hybridized carbons (Fsp3) is 0.324. The van der Waals surface area contributed by atoms with Crippen LogP contribution in [0, 0.1) is 13.8 Å². The first kappa shape index (κ1) is 30.5. The van der Waals surface area contributed by atoms with Crippen LogP contribution in [0.2, 0.25) is 0 Å². The van der Waals surface area contributed by atoms with Crippen LogP contribution < -0.4 is 0 Å². The molecule has 3 aromatic rings. The molecule has 228 valence electrons. The Bertz CT molecular complexity index is 1990. The third-order valence-electron chi connectivity index (χ3n) is 8.75. The topological polar surface area (TPSA) is 169 Å². The van der Waals surface area contributed by atoms with Crippen LogP contribution in [0.15, 0.2) is 18.2 Å². The first-order valence-corrected chi connectivity index (χ1v) is 14.7. The van der Waals surface area contributed by atoms with Gasteiger partial charge in [-0.3, -0.25) is 9.59 Å². The largest absolute Gasteiger partial charge is 0.481 e. The number of rotatable bonds is 8. The molecule has 0 aliphatic carbocycles. The molecule has 5 N–H and O–H groups in total. The molecule has 0 radical (unpaired) electrons. The zero-order chi connectivity index (χ0) is 32.0. The summed E-state index contributed by atoms with van der Waals surface area (Å²) in [5, 5.41) is 29.8. The molecule has 10 nitrogen and oxygen atoms in total. The lowest BCUT2D eigenvalue weighted by atomic mass is 9.94. The highest BCUT2D eigenvalue weighted by atomic mass is 16.4. The van der Waals surface area contributed by atoms with Crippen LogP contribution >= 0.6 is 0 Å². The first-order valence-electron chi connectivity index (χ1n) is 14.7. The van der Waals surface area contributed by atoms with E-state index in [1.54, 1.807) is 6.92 Å². The van der Waals surface area contributed by atoms with E-state index >= 15 is 0 Å². The predicted molar refractivity (Wildman–Crippen MR) is 170 cm³/mol. The summed E-state index contributed by atoms with van der Waals surface area (Å²) in [7, 11) is 0. The lowest BCUT2D eigenvalue weighted by molar-refractivity contribution is -0.137. The average molecular weight is 597 g/mol. The maximum Gasteiger partial charge on any atom is 0.338 e. The Balaban J connectivity index is 2.06. The van der Waals surface area contributed by atoms with Crippen LogP contribution in [-0.4, -0.2) is 53.2 Å². The third-order valence-corrected chi connectivity index (χ3v) is 8.75. The third kappa shape index (κ3) is 5.21. The molecule has 3 aromatic heterocycles. The van der Waals surface area contributed by atoms with Crippen molar-refractivity contribution in [3.05, 3.63) is 68.8 Å². The van der Waals surface area contributed by atoms with Gasteiger partial charge in [0.1, 0.15) is 0 Å². The van der Waals surface area contributed by atoms with E-state index in [4.69, 9.17) is 9.97 Å². The van der Waals surface area contributed by atoms with E-state index in [1.807, 2.05) is 26.0 Å². The fourth-order valence-corrected chi connectivity index (χ4v) is 6.37. The van der Waals surface area contributed by atoms with Crippen molar-refractivity contribution in [2.24, 2.45) is 0 Å². The Morgan fingerprint density at radius 3 is 1.75 bits per heavy atom. The Labute approximate surface area is 254 Å².